The summed E-state index contributed by atoms with van der Waals surface area (Å²) in [5, 5.41) is 8.47. The zero-order valence-corrected chi connectivity index (χ0v) is 9.48. The Labute approximate surface area is 77.0 Å². The minimum absolute atomic E-state index is 0.142. The summed E-state index contributed by atoms with van der Waals surface area (Å²) in [5.41, 5.74) is 1.13. The standard InChI is InChI=1S/C8H10O2.W/c1-4-6(2)5-7(3)8(9)10;/h5H,3H2,1-2H3,(H,9,10);. The first kappa shape index (κ1) is 10.5. The number of allylic oxidation sites excluding steroid dienone is 1. The second kappa shape index (κ2) is 4.40. The third-order valence-corrected chi connectivity index (χ3v) is 2.38. The molecule has 0 bridgehead atoms. The van der Waals surface area contributed by atoms with Gasteiger partial charge < -0.3 is 0 Å². The summed E-state index contributed by atoms with van der Waals surface area (Å²) in [4.78, 5) is 10.3. The van der Waals surface area contributed by atoms with Gasteiger partial charge in [0.1, 0.15) is 0 Å². The molecule has 0 aromatic rings. The number of carboxylic acids is 1. The third kappa shape index (κ3) is 4.05. The van der Waals surface area contributed by atoms with Crippen LogP contribution in [0.25, 0.3) is 0 Å². The van der Waals surface area contributed by atoms with Crippen LogP contribution in [0.3, 0.4) is 0 Å². The van der Waals surface area contributed by atoms with Gasteiger partial charge in [0, 0.05) is 0 Å². The Morgan fingerprint density at radius 3 is 2.27 bits per heavy atom. The predicted molar refractivity (Wildman–Crippen MR) is 41.2 cm³/mol. The zero-order chi connectivity index (χ0) is 9.02. The van der Waals surface area contributed by atoms with Gasteiger partial charge in [0.25, 0.3) is 0 Å². The molecule has 0 unspecified atom stereocenters. The van der Waals surface area contributed by atoms with Crippen molar-refractivity contribution in [1.82, 2.24) is 0 Å². The van der Waals surface area contributed by atoms with Crippen molar-refractivity contribution in [3.8, 4) is 0 Å². The van der Waals surface area contributed by atoms with E-state index in [1.54, 1.807) is 6.08 Å². The van der Waals surface area contributed by atoms with E-state index in [-0.39, 0.29) is 5.57 Å². The first-order valence-electron chi connectivity index (χ1n) is 3.06. The Balaban J connectivity index is 4.44. The molecule has 0 saturated heterocycles. The van der Waals surface area contributed by atoms with Crippen molar-refractivity contribution in [2.24, 2.45) is 0 Å². The Morgan fingerprint density at radius 2 is 2.00 bits per heavy atom. The molecule has 0 amide bonds. The summed E-state index contributed by atoms with van der Waals surface area (Å²) in [5.74, 6) is -0.958. The van der Waals surface area contributed by atoms with Crippen LogP contribution >= 0.6 is 0 Å². The molecule has 0 rings (SSSR count). The molecule has 0 radical (unpaired) electrons. The van der Waals surface area contributed by atoms with E-state index in [4.69, 9.17) is 5.11 Å². The van der Waals surface area contributed by atoms with Crippen molar-refractivity contribution < 1.29 is 29.3 Å². The first-order chi connectivity index (χ1) is 4.95. The van der Waals surface area contributed by atoms with E-state index >= 15 is 0 Å². The average Bonchev–Trinajstić information content (AvgIpc) is 1.87. The number of hydrogen-bond donors (Lipinski definition) is 1. The van der Waals surface area contributed by atoms with Crippen molar-refractivity contribution in [3.05, 3.63) is 23.8 Å². The van der Waals surface area contributed by atoms with Crippen LogP contribution in [0.1, 0.15) is 13.8 Å². The van der Waals surface area contributed by atoms with Gasteiger partial charge in [-0.05, 0) is 0 Å². The van der Waals surface area contributed by atoms with Crippen molar-refractivity contribution in [2.75, 3.05) is 0 Å². The first-order valence-corrected chi connectivity index (χ1v) is 4.53. The van der Waals surface area contributed by atoms with Crippen LogP contribution in [0.2, 0.25) is 0 Å². The van der Waals surface area contributed by atoms with Gasteiger partial charge in [-0.15, -0.1) is 0 Å². The van der Waals surface area contributed by atoms with Crippen LogP contribution in [0, 0.1) is 0 Å². The Kier molecular flexibility index (Phi) is 4.20. The fraction of sp³-hybridized carbons (Fsp3) is 0.250. The maximum absolute atomic E-state index is 10.3. The molecule has 0 aliphatic carbocycles. The predicted octanol–water partition coefficient (Wildman–Crippen LogP) is 1.31. The Morgan fingerprint density at radius 1 is 1.55 bits per heavy atom. The molecule has 0 aliphatic rings. The van der Waals surface area contributed by atoms with Gasteiger partial charge in [0.05, 0.1) is 0 Å². The van der Waals surface area contributed by atoms with Crippen molar-refractivity contribution in [1.29, 1.82) is 0 Å². The summed E-state index contributed by atoms with van der Waals surface area (Å²) in [7, 11) is 0. The quantitative estimate of drug-likeness (QED) is 0.628. The Bertz CT molecular complexity index is 238. The molecule has 2 nitrogen and oxygen atoms in total. The molecular weight excluding hydrogens is 312 g/mol. The van der Waals surface area contributed by atoms with Crippen LogP contribution in [-0.4, -0.2) is 15.0 Å². The Hall–Kier alpha value is -0.492. The summed E-state index contributed by atoms with van der Waals surface area (Å²) < 4.78 is 1.19. The molecule has 1 N–H and O–H groups in total. The molecule has 0 spiro atoms. The molecule has 0 aromatic heterocycles. The second-order valence-electron chi connectivity index (χ2n) is 2.21. The summed E-state index contributed by atoms with van der Waals surface area (Å²) in [6.07, 6.45) is 1.59. The van der Waals surface area contributed by atoms with Gasteiger partial charge in [-0.2, -0.15) is 0 Å². The maximum atomic E-state index is 10.3. The van der Waals surface area contributed by atoms with Gasteiger partial charge in [0.2, 0.25) is 0 Å². The van der Waals surface area contributed by atoms with Crippen molar-refractivity contribution in [3.63, 3.8) is 0 Å². The molecule has 0 aliphatic heterocycles. The van der Waals surface area contributed by atoms with Crippen LogP contribution in [-0.2, 0) is 24.1 Å². The van der Waals surface area contributed by atoms with Crippen LogP contribution < -0.4 is 0 Å². The fourth-order valence-electron chi connectivity index (χ4n) is 0.425. The average molecular weight is 322 g/mol. The summed E-state index contributed by atoms with van der Waals surface area (Å²) in [6.45, 7) is 7.25. The zero-order valence-electron chi connectivity index (χ0n) is 6.55. The van der Waals surface area contributed by atoms with Gasteiger partial charge in [0.15, 0.2) is 0 Å². The van der Waals surface area contributed by atoms with Crippen LogP contribution in [0.4, 0.5) is 0 Å². The van der Waals surface area contributed by atoms with E-state index in [9.17, 15) is 4.79 Å². The van der Waals surface area contributed by atoms with E-state index in [0.29, 0.717) is 0 Å². The summed E-state index contributed by atoms with van der Waals surface area (Å²) >= 11 is 1.35. The van der Waals surface area contributed by atoms with Gasteiger partial charge in [-0.3, -0.25) is 0 Å². The van der Waals surface area contributed by atoms with E-state index in [1.165, 1.54) is 23.3 Å². The SMILES string of the molecule is C=C(C=C(C)[C](C)=[W])C(=O)O. The molecule has 60 valence electrons. The fourth-order valence-corrected chi connectivity index (χ4v) is 0.636. The second-order valence-corrected chi connectivity index (χ2v) is 4.41. The minimum atomic E-state index is -0.958. The molecule has 0 aromatic carbocycles. The number of carboxylic acid groups (broad SMARTS) is 1. The third-order valence-electron chi connectivity index (χ3n) is 1.22. The van der Waals surface area contributed by atoms with E-state index < -0.39 is 5.97 Å². The monoisotopic (exact) mass is 322 g/mol. The topological polar surface area (TPSA) is 37.3 Å². The number of aliphatic carboxylic acids is 1. The van der Waals surface area contributed by atoms with Crippen LogP contribution in [0.15, 0.2) is 23.8 Å². The molecule has 3 heteroatoms. The number of rotatable bonds is 3. The molecule has 0 heterocycles. The number of carbonyl (C=O) groups is 1. The van der Waals surface area contributed by atoms with Gasteiger partial charge in [-0.1, -0.05) is 0 Å². The van der Waals surface area contributed by atoms with Crippen molar-refractivity contribution >= 4 is 9.87 Å². The summed E-state index contributed by atoms with van der Waals surface area (Å²) in [6, 6.07) is 0. The molecule has 11 heavy (non-hydrogen) atoms. The van der Waals surface area contributed by atoms with E-state index in [0.717, 1.165) is 5.57 Å². The molecule has 0 fully saturated rings. The molecular formula is C8H10O2W. The van der Waals surface area contributed by atoms with Gasteiger partial charge in [-0.25, -0.2) is 0 Å². The molecule has 0 atom stereocenters. The van der Waals surface area contributed by atoms with Crippen LogP contribution in [0.5, 0.6) is 0 Å². The van der Waals surface area contributed by atoms with E-state index in [2.05, 4.69) is 6.58 Å². The normalized spacial score (nSPS) is 10.9. The number of hydrogen-bond acceptors (Lipinski definition) is 1. The van der Waals surface area contributed by atoms with Crippen molar-refractivity contribution in [2.45, 2.75) is 13.8 Å². The van der Waals surface area contributed by atoms with E-state index in [1.807, 2.05) is 13.8 Å². The van der Waals surface area contributed by atoms with Gasteiger partial charge >= 0.3 is 76.8 Å². The molecule has 0 saturated carbocycles.